The maximum absolute atomic E-state index is 5.38. The molecule has 1 heterocycles. The molecule has 0 amide bonds. The fourth-order valence-electron chi connectivity index (χ4n) is 2.27. The van der Waals surface area contributed by atoms with Gasteiger partial charge in [0.15, 0.2) is 0 Å². The van der Waals surface area contributed by atoms with Crippen molar-refractivity contribution >= 4 is 0 Å². The van der Waals surface area contributed by atoms with Crippen LogP contribution in [0.3, 0.4) is 0 Å². The van der Waals surface area contributed by atoms with E-state index in [4.69, 9.17) is 4.74 Å². The van der Waals surface area contributed by atoms with Crippen LogP contribution in [0.2, 0.25) is 0 Å². The largest absolute Gasteiger partial charge is 0.382 e. The zero-order valence-electron chi connectivity index (χ0n) is 11.0. The first-order valence-corrected chi connectivity index (χ1v) is 6.90. The summed E-state index contributed by atoms with van der Waals surface area (Å²) in [7, 11) is 0. The van der Waals surface area contributed by atoms with Crippen molar-refractivity contribution in [2.24, 2.45) is 0 Å². The first kappa shape index (κ1) is 13.9. The Labute approximate surface area is 101 Å². The van der Waals surface area contributed by atoms with Crippen molar-refractivity contribution in [3.63, 3.8) is 0 Å². The van der Waals surface area contributed by atoms with E-state index in [9.17, 15) is 0 Å². The van der Waals surface area contributed by atoms with Crippen LogP contribution in [0, 0.1) is 0 Å². The fourth-order valence-corrected chi connectivity index (χ4v) is 2.27. The molecule has 96 valence electrons. The molecule has 0 aliphatic carbocycles. The van der Waals surface area contributed by atoms with Crippen LogP contribution in [0.25, 0.3) is 0 Å². The van der Waals surface area contributed by atoms with Crippen molar-refractivity contribution in [1.29, 1.82) is 0 Å². The zero-order chi connectivity index (χ0) is 11.6. The summed E-state index contributed by atoms with van der Waals surface area (Å²) in [6.45, 7) is 11.0. The molecule has 1 N–H and O–H groups in total. The van der Waals surface area contributed by atoms with E-state index in [-0.39, 0.29) is 0 Å². The van der Waals surface area contributed by atoms with Crippen LogP contribution in [0.4, 0.5) is 0 Å². The van der Waals surface area contributed by atoms with Gasteiger partial charge in [-0.1, -0.05) is 6.92 Å². The number of nitrogens with one attached hydrogen (secondary N) is 1. The summed E-state index contributed by atoms with van der Waals surface area (Å²) in [5.74, 6) is 0. The van der Waals surface area contributed by atoms with Gasteiger partial charge in [-0.15, -0.1) is 0 Å². The molecule has 0 radical (unpaired) electrons. The Morgan fingerprint density at radius 1 is 1.31 bits per heavy atom. The third-order valence-electron chi connectivity index (χ3n) is 3.34. The summed E-state index contributed by atoms with van der Waals surface area (Å²) >= 11 is 0. The van der Waals surface area contributed by atoms with E-state index in [2.05, 4.69) is 24.1 Å². The molecular formula is C13H28N2O. The second kappa shape index (κ2) is 8.97. The van der Waals surface area contributed by atoms with Gasteiger partial charge >= 0.3 is 0 Å². The Bertz CT molecular complexity index is 164. The molecule has 1 atom stereocenters. The summed E-state index contributed by atoms with van der Waals surface area (Å²) in [6, 6.07) is 0.731. The van der Waals surface area contributed by atoms with E-state index in [0.717, 1.165) is 19.3 Å². The molecule has 1 rings (SSSR count). The molecule has 3 nitrogen and oxygen atoms in total. The van der Waals surface area contributed by atoms with Gasteiger partial charge in [-0.3, -0.25) is 0 Å². The van der Waals surface area contributed by atoms with Crippen molar-refractivity contribution in [1.82, 2.24) is 10.2 Å². The minimum atomic E-state index is 0.731. The van der Waals surface area contributed by atoms with Gasteiger partial charge in [-0.2, -0.15) is 0 Å². The molecule has 0 bridgehead atoms. The summed E-state index contributed by atoms with van der Waals surface area (Å²) in [5, 5.41) is 3.62. The zero-order valence-corrected chi connectivity index (χ0v) is 11.0. The van der Waals surface area contributed by atoms with Crippen LogP contribution in [0.1, 0.15) is 39.5 Å². The van der Waals surface area contributed by atoms with Crippen molar-refractivity contribution < 1.29 is 4.74 Å². The highest BCUT2D eigenvalue weighted by molar-refractivity contribution is 4.72. The first-order chi connectivity index (χ1) is 7.86. The minimum absolute atomic E-state index is 0.731. The van der Waals surface area contributed by atoms with Gasteiger partial charge in [-0.05, 0) is 52.2 Å². The Kier molecular flexibility index (Phi) is 7.81. The maximum Gasteiger partial charge on any atom is 0.0478 e. The smallest absolute Gasteiger partial charge is 0.0478 e. The highest BCUT2D eigenvalue weighted by atomic mass is 16.5. The molecule has 0 aromatic carbocycles. The summed E-state index contributed by atoms with van der Waals surface area (Å²) in [5.41, 5.74) is 0. The standard InChI is InChI=1S/C13H28N2O/c1-3-13-7-11-15(9-5-8-14-13)10-6-12-16-4-2/h13-14H,3-12H2,1-2H3. The monoisotopic (exact) mass is 228 g/mol. The fraction of sp³-hybridized carbons (Fsp3) is 1.00. The minimum Gasteiger partial charge on any atom is -0.382 e. The predicted molar refractivity (Wildman–Crippen MR) is 68.9 cm³/mol. The van der Waals surface area contributed by atoms with E-state index in [1.807, 2.05) is 0 Å². The number of ether oxygens (including phenoxy) is 1. The van der Waals surface area contributed by atoms with Crippen LogP contribution < -0.4 is 5.32 Å². The average molecular weight is 228 g/mol. The number of nitrogens with zero attached hydrogens (tertiary/aromatic N) is 1. The number of hydrogen-bond acceptors (Lipinski definition) is 3. The highest BCUT2D eigenvalue weighted by Crippen LogP contribution is 2.05. The Morgan fingerprint density at radius 2 is 2.19 bits per heavy atom. The molecule has 0 saturated carbocycles. The topological polar surface area (TPSA) is 24.5 Å². The van der Waals surface area contributed by atoms with E-state index in [0.29, 0.717) is 0 Å². The Hall–Kier alpha value is -0.120. The van der Waals surface area contributed by atoms with Crippen molar-refractivity contribution in [3.8, 4) is 0 Å². The molecule has 0 aromatic heterocycles. The molecule has 16 heavy (non-hydrogen) atoms. The summed E-state index contributed by atoms with van der Waals surface area (Å²) in [6.07, 6.45) is 5.01. The molecule has 0 aromatic rings. The molecule has 0 spiro atoms. The Balaban J connectivity index is 2.14. The van der Waals surface area contributed by atoms with Gasteiger partial charge in [0.2, 0.25) is 0 Å². The van der Waals surface area contributed by atoms with Crippen LogP contribution in [0.15, 0.2) is 0 Å². The lowest BCUT2D eigenvalue weighted by Crippen LogP contribution is -2.40. The van der Waals surface area contributed by atoms with Crippen molar-refractivity contribution in [2.45, 2.75) is 45.6 Å². The van der Waals surface area contributed by atoms with E-state index in [1.165, 1.54) is 51.9 Å². The Morgan fingerprint density at radius 3 is 2.94 bits per heavy atom. The quantitative estimate of drug-likeness (QED) is 0.703. The van der Waals surface area contributed by atoms with Gasteiger partial charge in [0, 0.05) is 25.8 Å². The SMILES string of the molecule is CCOCCCN1CCCNC(CC)CC1. The summed E-state index contributed by atoms with van der Waals surface area (Å²) < 4.78 is 5.38. The molecule has 1 aliphatic rings. The lowest BCUT2D eigenvalue weighted by molar-refractivity contribution is 0.128. The number of rotatable bonds is 6. The van der Waals surface area contributed by atoms with Crippen LogP contribution >= 0.6 is 0 Å². The number of hydrogen-bond donors (Lipinski definition) is 1. The van der Waals surface area contributed by atoms with Gasteiger partial charge in [0.25, 0.3) is 0 Å². The third-order valence-corrected chi connectivity index (χ3v) is 3.34. The van der Waals surface area contributed by atoms with Crippen LogP contribution in [-0.4, -0.2) is 50.3 Å². The third kappa shape index (κ3) is 5.83. The molecule has 1 saturated heterocycles. The normalized spacial score (nSPS) is 24.0. The molecule has 1 fully saturated rings. The van der Waals surface area contributed by atoms with Gasteiger partial charge in [-0.25, -0.2) is 0 Å². The van der Waals surface area contributed by atoms with E-state index >= 15 is 0 Å². The second-order valence-electron chi connectivity index (χ2n) is 4.59. The molecule has 3 heteroatoms. The highest BCUT2D eigenvalue weighted by Gasteiger charge is 2.12. The molecule has 1 aliphatic heterocycles. The van der Waals surface area contributed by atoms with Gasteiger partial charge < -0.3 is 15.0 Å². The van der Waals surface area contributed by atoms with E-state index < -0.39 is 0 Å². The molecule has 1 unspecified atom stereocenters. The first-order valence-electron chi connectivity index (χ1n) is 6.90. The average Bonchev–Trinajstić information content (AvgIpc) is 2.27. The van der Waals surface area contributed by atoms with E-state index in [1.54, 1.807) is 0 Å². The lowest BCUT2D eigenvalue weighted by atomic mass is 10.1. The lowest BCUT2D eigenvalue weighted by Gasteiger charge is -2.28. The predicted octanol–water partition coefficient (Wildman–Crippen LogP) is 1.88. The van der Waals surface area contributed by atoms with Crippen LogP contribution in [0.5, 0.6) is 0 Å². The maximum atomic E-state index is 5.38. The van der Waals surface area contributed by atoms with Crippen molar-refractivity contribution in [3.05, 3.63) is 0 Å². The van der Waals surface area contributed by atoms with Crippen LogP contribution in [-0.2, 0) is 4.74 Å². The van der Waals surface area contributed by atoms with Crippen molar-refractivity contribution in [2.75, 3.05) is 39.4 Å². The second-order valence-corrected chi connectivity index (χ2v) is 4.59. The molecular weight excluding hydrogens is 200 g/mol. The van der Waals surface area contributed by atoms with Gasteiger partial charge in [0.1, 0.15) is 0 Å². The summed E-state index contributed by atoms with van der Waals surface area (Å²) in [4.78, 5) is 2.60. The van der Waals surface area contributed by atoms with Gasteiger partial charge in [0.05, 0.1) is 0 Å².